The SMILES string of the molecule is COc1ccc(CCNC(=O)C(=O)N/N=C/c2ccc(CN(Cc3ccc(Cl)c(Cl)c3)S(=O)(=O)c3ccc(Cl)cc3)o2)cc1OC. The van der Waals surface area contributed by atoms with Crippen LogP contribution in [0.15, 0.2) is 87.2 Å². The minimum absolute atomic E-state index is 0.0371. The monoisotopic (exact) mass is 706 g/mol. The molecule has 0 fully saturated rings. The molecule has 0 bridgehead atoms. The number of benzene rings is 3. The lowest BCUT2D eigenvalue weighted by Crippen LogP contribution is -2.38. The molecule has 2 amide bonds. The Morgan fingerprint density at radius 2 is 1.57 bits per heavy atom. The minimum atomic E-state index is -4.01. The molecule has 3 aromatic carbocycles. The summed E-state index contributed by atoms with van der Waals surface area (Å²) in [6.07, 6.45) is 1.64. The van der Waals surface area contributed by atoms with Gasteiger partial charge in [-0.3, -0.25) is 9.59 Å². The number of nitrogens with one attached hydrogen (secondary N) is 2. The van der Waals surface area contributed by atoms with Gasteiger partial charge in [0.1, 0.15) is 11.5 Å². The second kappa shape index (κ2) is 16.0. The molecular formula is C31H29Cl3N4O7S. The Labute approximate surface area is 281 Å². The van der Waals surface area contributed by atoms with Gasteiger partial charge in [0.25, 0.3) is 0 Å². The predicted octanol–water partition coefficient (Wildman–Crippen LogP) is 5.46. The molecule has 11 nitrogen and oxygen atoms in total. The lowest BCUT2D eigenvalue weighted by Gasteiger charge is -2.22. The smallest absolute Gasteiger partial charge is 0.329 e. The van der Waals surface area contributed by atoms with E-state index in [0.29, 0.717) is 39.3 Å². The number of carbonyl (C=O) groups is 2. The third kappa shape index (κ3) is 9.24. The van der Waals surface area contributed by atoms with Crippen LogP contribution in [0, 0.1) is 0 Å². The van der Waals surface area contributed by atoms with Gasteiger partial charge in [-0.25, -0.2) is 13.8 Å². The van der Waals surface area contributed by atoms with E-state index in [-0.39, 0.29) is 35.3 Å². The third-order valence-electron chi connectivity index (χ3n) is 6.52. The molecular weight excluding hydrogens is 679 g/mol. The van der Waals surface area contributed by atoms with Crippen molar-refractivity contribution in [2.75, 3.05) is 20.8 Å². The van der Waals surface area contributed by atoms with Crippen molar-refractivity contribution < 1.29 is 31.9 Å². The van der Waals surface area contributed by atoms with Crippen LogP contribution in [-0.4, -0.2) is 51.5 Å². The molecule has 0 radical (unpaired) electrons. The van der Waals surface area contributed by atoms with Gasteiger partial charge >= 0.3 is 11.8 Å². The van der Waals surface area contributed by atoms with Gasteiger partial charge < -0.3 is 19.2 Å². The Hall–Kier alpha value is -4.07. The average molecular weight is 708 g/mol. The number of hydrazone groups is 1. The quantitative estimate of drug-likeness (QED) is 0.107. The van der Waals surface area contributed by atoms with E-state index in [4.69, 9.17) is 48.7 Å². The highest BCUT2D eigenvalue weighted by Crippen LogP contribution is 2.28. The van der Waals surface area contributed by atoms with E-state index < -0.39 is 21.8 Å². The van der Waals surface area contributed by atoms with Crippen molar-refractivity contribution in [2.24, 2.45) is 5.10 Å². The summed E-state index contributed by atoms with van der Waals surface area (Å²) >= 11 is 18.2. The first-order chi connectivity index (χ1) is 22.0. The van der Waals surface area contributed by atoms with Crippen LogP contribution in [0.25, 0.3) is 0 Å². The number of ether oxygens (including phenoxy) is 2. The number of halogens is 3. The molecule has 1 aromatic heterocycles. The van der Waals surface area contributed by atoms with Crippen LogP contribution in [0.4, 0.5) is 0 Å². The number of rotatable bonds is 13. The topological polar surface area (TPSA) is 140 Å². The molecule has 2 N–H and O–H groups in total. The first-order valence-corrected chi connectivity index (χ1v) is 16.2. The maximum atomic E-state index is 13.6. The number of nitrogens with zero attached hydrogens (tertiary/aromatic N) is 2. The molecule has 0 saturated heterocycles. The van der Waals surface area contributed by atoms with E-state index in [2.05, 4.69) is 15.8 Å². The average Bonchev–Trinajstić information content (AvgIpc) is 3.49. The van der Waals surface area contributed by atoms with Gasteiger partial charge in [-0.15, -0.1) is 0 Å². The first-order valence-electron chi connectivity index (χ1n) is 13.6. The molecule has 0 aliphatic carbocycles. The maximum absolute atomic E-state index is 13.6. The van der Waals surface area contributed by atoms with Gasteiger partial charge in [0.05, 0.1) is 41.9 Å². The number of amides is 2. The van der Waals surface area contributed by atoms with Crippen molar-refractivity contribution in [2.45, 2.75) is 24.4 Å². The van der Waals surface area contributed by atoms with Gasteiger partial charge in [-0.1, -0.05) is 46.9 Å². The first kappa shape index (κ1) is 34.8. The molecule has 0 saturated carbocycles. The van der Waals surface area contributed by atoms with Crippen LogP contribution in [0.2, 0.25) is 15.1 Å². The Bertz CT molecular complexity index is 1830. The fourth-order valence-corrected chi connectivity index (χ4v) is 6.03. The van der Waals surface area contributed by atoms with Crippen LogP contribution in [0.3, 0.4) is 0 Å². The molecule has 0 aliphatic rings. The Morgan fingerprint density at radius 3 is 2.26 bits per heavy atom. The largest absolute Gasteiger partial charge is 0.493 e. The molecule has 0 aliphatic heterocycles. The van der Waals surface area contributed by atoms with Gasteiger partial charge in [-0.2, -0.15) is 9.41 Å². The van der Waals surface area contributed by atoms with Crippen LogP contribution >= 0.6 is 34.8 Å². The van der Waals surface area contributed by atoms with Gasteiger partial charge in [0, 0.05) is 18.1 Å². The van der Waals surface area contributed by atoms with Crippen molar-refractivity contribution in [3.63, 3.8) is 0 Å². The van der Waals surface area contributed by atoms with Crippen molar-refractivity contribution in [3.05, 3.63) is 111 Å². The standard InChI is InChI=1S/C31H29Cl3N4O7S/c1-43-28-12-4-20(16-29(28)44-2)13-14-35-30(39)31(40)37-36-17-23-7-8-24(45-23)19-38(18-21-3-11-26(33)27(34)15-21)46(41,42)25-9-5-22(32)6-10-25/h3-12,15-17H,13-14,18-19H2,1-2H3,(H,35,39)(H,37,40)/b36-17+. The molecule has 242 valence electrons. The Kier molecular flexibility index (Phi) is 12.1. The molecule has 46 heavy (non-hydrogen) atoms. The lowest BCUT2D eigenvalue weighted by atomic mass is 10.1. The summed E-state index contributed by atoms with van der Waals surface area (Å²) in [6.45, 7) is 0.0156. The fraction of sp³-hybridized carbons (Fsp3) is 0.194. The zero-order valence-corrected chi connectivity index (χ0v) is 27.7. The summed E-state index contributed by atoms with van der Waals surface area (Å²) in [7, 11) is -0.942. The van der Waals surface area contributed by atoms with Gasteiger partial charge in [0.15, 0.2) is 11.5 Å². The van der Waals surface area contributed by atoms with Crippen LogP contribution in [-0.2, 0) is 39.1 Å². The molecule has 0 atom stereocenters. The summed E-state index contributed by atoms with van der Waals surface area (Å²) in [6, 6.07) is 19.1. The second-order valence-corrected chi connectivity index (χ2v) is 12.9. The molecule has 1 heterocycles. The summed E-state index contributed by atoms with van der Waals surface area (Å²) < 4.78 is 44.6. The number of hydrogen-bond acceptors (Lipinski definition) is 8. The van der Waals surface area contributed by atoms with Crippen molar-refractivity contribution in [3.8, 4) is 11.5 Å². The number of hydrogen-bond donors (Lipinski definition) is 2. The third-order valence-corrected chi connectivity index (χ3v) is 9.32. The number of methoxy groups -OCH3 is 2. The van der Waals surface area contributed by atoms with Crippen molar-refractivity contribution in [1.82, 2.24) is 15.0 Å². The summed E-state index contributed by atoms with van der Waals surface area (Å²) in [5, 5.41) is 7.31. The highest BCUT2D eigenvalue weighted by atomic mass is 35.5. The number of furan rings is 1. The number of carbonyl (C=O) groups excluding carboxylic acids is 2. The fourth-order valence-electron chi connectivity index (χ4n) is 4.19. The second-order valence-electron chi connectivity index (χ2n) is 9.67. The maximum Gasteiger partial charge on any atom is 0.329 e. The van der Waals surface area contributed by atoms with Gasteiger partial charge in [0.2, 0.25) is 10.0 Å². The zero-order chi connectivity index (χ0) is 33.3. The molecule has 15 heteroatoms. The molecule has 4 rings (SSSR count). The van der Waals surface area contributed by atoms with E-state index in [1.165, 1.54) is 49.0 Å². The van der Waals surface area contributed by atoms with Crippen molar-refractivity contribution >= 4 is 62.9 Å². The highest BCUT2D eigenvalue weighted by molar-refractivity contribution is 7.89. The molecule has 0 spiro atoms. The van der Waals surface area contributed by atoms with E-state index in [0.717, 1.165) is 5.56 Å². The molecule has 0 unspecified atom stereocenters. The Morgan fingerprint density at radius 1 is 0.848 bits per heavy atom. The lowest BCUT2D eigenvalue weighted by molar-refractivity contribution is -0.139. The zero-order valence-electron chi connectivity index (χ0n) is 24.6. The van der Waals surface area contributed by atoms with Crippen LogP contribution < -0.4 is 20.2 Å². The van der Waals surface area contributed by atoms with Crippen LogP contribution in [0.5, 0.6) is 11.5 Å². The Balaban J connectivity index is 1.36. The normalized spacial score (nSPS) is 11.5. The van der Waals surface area contributed by atoms with E-state index in [1.807, 2.05) is 6.07 Å². The van der Waals surface area contributed by atoms with Crippen molar-refractivity contribution in [1.29, 1.82) is 0 Å². The summed E-state index contributed by atoms with van der Waals surface area (Å²) in [5.74, 6) is -0.206. The summed E-state index contributed by atoms with van der Waals surface area (Å²) in [5.41, 5.74) is 3.62. The minimum Gasteiger partial charge on any atom is -0.493 e. The van der Waals surface area contributed by atoms with Gasteiger partial charge in [-0.05, 0) is 78.2 Å². The number of sulfonamides is 1. The summed E-state index contributed by atoms with van der Waals surface area (Å²) in [4.78, 5) is 24.4. The van der Waals surface area contributed by atoms with Crippen LogP contribution in [0.1, 0.15) is 22.6 Å². The molecule has 4 aromatic rings. The van der Waals surface area contributed by atoms with E-state index in [1.54, 1.807) is 42.5 Å². The highest BCUT2D eigenvalue weighted by Gasteiger charge is 2.26. The van der Waals surface area contributed by atoms with E-state index >= 15 is 0 Å². The predicted molar refractivity (Wildman–Crippen MR) is 175 cm³/mol. The van der Waals surface area contributed by atoms with E-state index in [9.17, 15) is 18.0 Å².